The fourth-order valence-electron chi connectivity index (χ4n) is 1.80. The van der Waals surface area contributed by atoms with Crippen molar-refractivity contribution in [2.75, 3.05) is 27.4 Å². The van der Waals surface area contributed by atoms with Gasteiger partial charge < -0.3 is 25.0 Å². The molecule has 1 unspecified atom stereocenters. The lowest BCUT2D eigenvalue weighted by Crippen LogP contribution is -2.26. The van der Waals surface area contributed by atoms with Crippen LogP contribution in [0.3, 0.4) is 0 Å². The molecule has 3 N–H and O–H groups in total. The van der Waals surface area contributed by atoms with Gasteiger partial charge in [-0.2, -0.15) is 0 Å². The minimum atomic E-state index is -0.796. The van der Waals surface area contributed by atoms with E-state index in [4.69, 9.17) is 14.6 Å². The molecule has 112 valence electrons. The molecular formula is C14H21NO5. The third-order valence-corrected chi connectivity index (χ3v) is 2.88. The van der Waals surface area contributed by atoms with E-state index in [0.29, 0.717) is 17.1 Å². The molecule has 0 saturated carbocycles. The first-order valence-electron chi connectivity index (χ1n) is 6.40. The van der Waals surface area contributed by atoms with E-state index < -0.39 is 6.10 Å². The Balaban J connectivity index is 2.62. The number of methoxy groups -OCH3 is 2. The Morgan fingerprint density at radius 3 is 2.70 bits per heavy atom. The van der Waals surface area contributed by atoms with E-state index in [1.807, 2.05) is 0 Å². The average Bonchev–Trinajstić information content (AvgIpc) is 2.49. The van der Waals surface area contributed by atoms with Gasteiger partial charge in [0.25, 0.3) is 0 Å². The summed E-state index contributed by atoms with van der Waals surface area (Å²) in [5.74, 6) is 0.955. The Bertz CT molecular complexity index is 436. The van der Waals surface area contributed by atoms with Crippen molar-refractivity contribution in [1.29, 1.82) is 0 Å². The van der Waals surface area contributed by atoms with Gasteiger partial charge >= 0.3 is 0 Å². The Morgan fingerprint density at radius 2 is 2.10 bits per heavy atom. The summed E-state index contributed by atoms with van der Waals surface area (Å²) in [6, 6.07) is 5.13. The summed E-state index contributed by atoms with van der Waals surface area (Å²) in [5.41, 5.74) is 0.614. The van der Waals surface area contributed by atoms with Gasteiger partial charge in [0.05, 0.1) is 26.9 Å². The zero-order chi connectivity index (χ0) is 15.0. The highest BCUT2D eigenvalue weighted by Crippen LogP contribution is 2.31. The van der Waals surface area contributed by atoms with Crippen molar-refractivity contribution in [3.05, 3.63) is 23.8 Å². The van der Waals surface area contributed by atoms with E-state index in [-0.39, 0.29) is 31.9 Å². The van der Waals surface area contributed by atoms with E-state index in [1.165, 1.54) is 7.11 Å². The normalized spacial score (nSPS) is 11.8. The van der Waals surface area contributed by atoms with Crippen LogP contribution in [-0.4, -0.2) is 43.5 Å². The van der Waals surface area contributed by atoms with Crippen LogP contribution in [0.4, 0.5) is 0 Å². The number of rotatable bonds is 8. The number of nitrogens with one attached hydrogen (secondary N) is 1. The summed E-state index contributed by atoms with van der Waals surface area (Å²) in [6.07, 6.45) is -0.341. The van der Waals surface area contributed by atoms with Gasteiger partial charge in [-0.25, -0.2) is 0 Å². The van der Waals surface area contributed by atoms with Crippen LogP contribution in [0.15, 0.2) is 18.2 Å². The number of benzene rings is 1. The van der Waals surface area contributed by atoms with Gasteiger partial charge in [0, 0.05) is 24.6 Å². The lowest BCUT2D eigenvalue weighted by atomic mass is 10.0. The summed E-state index contributed by atoms with van der Waals surface area (Å²) >= 11 is 0. The molecule has 0 saturated heterocycles. The first-order chi connectivity index (χ1) is 9.62. The summed E-state index contributed by atoms with van der Waals surface area (Å²) < 4.78 is 10.3. The number of hydrogen-bond acceptors (Lipinski definition) is 5. The maximum Gasteiger partial charge on any atom is 0.220 e. The molecule has 0 bridgehead atoms. The molecule has 0 aliphatic rings. The van der Waals surface area contributed by atoms with Crippen molar-refractivity contribution < 1.29 is 24.5 Å². The molecule has 1 aromatic carbocycles. The number of aliphatic hydroxyl groups excluding tert-OH is 2. The van der Waals surface area contributed by atoms with Gasteiger partial charge in [-0.05, 0) is 18.6 Å². The molecule has 0 fully saturated rings. The molecule has 0 heterocycles. The maximum absolute atomic E-state index is 11.4. The standard InChI is InChI=1S/C14H21NO5/c1-19-10-3-4-11(13(9-10)20-2)12(17)5-6-14(18)15-7-8-16/h3-4,9,12,16-17H,5-8H2,1-2H3,(H,15,18). The predicted molar refractivity (Wildman–Crippen MR) is 73.8 cm³/mol. The molecule has 6 heteroatoms. The topological polar surface area (TPSA) is 88.0 Å². The molecule has 0 spiro atoms. The largest absolute Gasteiger partial charge is 0.497 e. The Labute approximate surface area is 118 Å². The van der Waals surface area contributed by atoms with Crippen molar-refractivity contribution in [3.8, 4) is 11.5 Å². The van der Waals surface area contributed by atoms with Gasteiger partial charge in [-0.15, -0.1) is 0 Å². The molecule has 0 radical (unpaired) electrons. The third kappa shape index (κ3) is 4.71. The molecule has 1 atom stereocenters. The van der Waals surface area contributed by atoms with E-state index in [0.717, 1.165) is 0 Å². The Morgan fingerprint density at radius 1 is 1.35 bits per heavy atom. The lowest BCUT2D eigenvalue weighted by molar-refractivity contribution is -0.121. The number of aliphatic hydroxyl groups is 2. The second-order valence-electron chi connectivity index (χ2n) is 4.24. The highest BCUT2D eigenvalue weighted by Gasteiger charge is 2.15. The first-order valence-corrected chi connectivity index (χ1v) is 6.40. The second kappa shape index (κ2) is 8.39. The molecule has 0 aliphatic heterocycles. The third-order valence-electron chi connectivity index (χ3n) is 2.88. The molecular weight excluding hydrogens is 262 g/mol. The average molecular weight is 283 g/mol. The van der Waals surface area contributed by atoms with Crippen LogP contribution in [0.1, 0.15) is 24.5 Å². The number of hydrogen-bond donors (Lipinski definition) is 3. The zero-order valence-electron chi connectivity index (χ0n) is 11.8. The first kappa shape index (κ1) is 16.3. The smallest absolute Gasteiger partial charge is 0.220 e. The van der Waals surface area contributed by atoms with Gasteiger partial charge in [0.15, 0.2) is 0 Å². The molecule has 1 aromatic rings. The molecule has 1 amide bonds. The van der Waals surface area contributed by atoms with E-state index in [2.05, 4.69) is 5.32 Å². The summed E-state index contributed by atoms with van der Waals surface area (Å²) in [7, 11) is 3.06. The van der Waals surface area contributed by atoms with E-state index in [1.54, 1.807) is 25.3 Å². The van der Waals surface area contributed by atoms with Crippen molar-refractivity contribution in [2.45, 2.75) is 18.9 Å². The predicted octanol–water partition coefficient (Wildman–Crippen LogP) is 0.626. The van der Waals surface area contributed by atoms with Crippen LogP contribution >= 0.6 is 0 Å². The lowest BCUT2D eigenvalue weighted by Gasteiger charge is -2.15. The molecule has 1 rings (SSSR count). The molecule has 0 aliphatic carbocycles. The van der Waals surface area contributed by atoms with Crippen LogP contribution in [0.2, 0.25) is 0 Å². The van der Waals surface area contributed by atoms with Crippen molar-refractivity contribution >= 4 is 5.91 Å². The van der Waals surface area contributed by atoms with Crippen molar-refractivity contribution in [3.63, 3.8) is 0 Å². The highest BCUT2D eigenvalue weighted by molar-refractivity contribution is 5.75. The van der Waals surface area contributed by atoms with Crippen LogP contribution in [-0.2, 0) is 4.79 Å². The number of ether oxygens (including phenoxy) is 2. The SMILES string of the molecule is COc1ccc(C(O)CCC(=O)NCCO)c(OC)c1. The minimum absolute atomic E-state index is 0.0966. The Hall–Kier alpha value is -1.79. The number of amides is 1. The van der Waals surface area contributed by atoms with Crippen molar-refractivity contribution in [1.82, 2.24) is 5.32 Å². The summed E-state index contributed by atoms with van der Waals surface area (Å²) in [4.78, 5) is 11.4. The van der Waals surface area contributed by atoms with Gasteiger partial charge in [0.2, 0.25) is 5.91 Å². The van der Waals surface area contributed by atoms with Gasteiger partial charge in [-0.1, -0.05) is 0 Å². The van der Waals surface area contributed by atoms with E-state index >= 15 is 0 Å². The van der Waals surface area contributed by atoms with Crippen LogP contribution in [0.25, 0.3) is 0 Å². The van der Waals surface area contributed by atoms with Crippen LogP contribution < -0.4 is 14.8 Å². The Kier molecular flexibility index (Phi) is 6.83. The minimum Gasteiger partial charge on any atom is -0.497 e. The van der Waals surface area contributed by atoms with Crippen LogP contribution in [0.5, 0.6) is 11.5 Å². The summed E-state index contributed by atoms with van der Waals surface area (Å²) in [6.45, 7) is 0.126. The quantitative estimate of drug-likeness (QED) is 0.651. The monoisotopic (exact) mass is 283 g/mol. The molecule has 6 nitrogen and oxygen atoms in total. The number of carbonyl (C=O) groups is 1. The fraction of sp³-hybridized carbons (Fsp3) is 0.500. The van der Waals surface area contributed by atoms with E-state index in [9.17, 15) is 9.90 Å². The fourth-order valence-corrected chi connectivity index (χ4v) is 1.80. The van der Waals surface area contributed by atoms with Crippen LogP contribution in [0, 0.1) is 0 Å². The molecule has 20 heavy (non-hydrogen) atoms. The molecule has 0 aromatic heterocycles. The highest BCUT2D eigenvalue weighted by atomic mass is 16.5. The maximum atomic E-state index is 11.4. The van der Waals surface area contributed by atoms with Gasteiger partial charge in [-0.3, -0.25) is 4.79 Å². The van der Waals surface area contributed by atoms with Gasteiger partial charge in [0.1, 0.15) is 11.5 Å². The summed E-state index contributed by atoms with van der Waals surface area (Å²) in [5, 5.41) is 21.3. The second-order valence-corrected chi connectivity index (χ2v) is 4.24. The number of carbonyl (C=O) groups excluding carboxylic acids is 1. The van der Waals surface area contributed by atoms with Crippen molar-refractivity contribution in [2.24, 2.45) is 0 Å². The zero-order valence-corrected chi connectivity index (χ0v) is 11.8.